The SMILES string of the molecule is CC(C)CNC(=O)C1(c2ccc(N)cc2)CC1. The molecule has 0 aromatic heterocycles. The predicted octanol–water partition coefficient (Wildman–Crippen LogP) is 2.07. The molecular formula is C14H20N2O. The first-order chi connectivity index (χ1) is 8.04. The number of nitrogen functional groups attached to an aromatic ring is 1. The first kappa shape index (κ1) is 12.0. The van der Waals surface area contributed by atoms with Gasteiger partial charge in [-0.25, -0.2) is 0 Å². The van der Waals surface area contributed by atoms with Gasteiger partial charge in [-0.15, -0.1) is 0 Å². The Hall–Kier alpha value is -1.51. The standard InChI is InChI=1S/C14H20N2O/c1-10(2)9-16-13(17)14(7-8-14)11-3-5-12(15)6-4-11/h3-6,10H,7-9,15H2,1-2H3,(H,16,17). The summed E-state index contributed by atoms with van der Waals surface area (Å²) in [5, 5.41) is 3.03. The van der Waals surface area contributed by atoms with Crippen LogP contribution in [0.15, 0.2) is 24.3 Å². The summed E-state index contributed by atoms with van der Waals surface area (Å²) in [5.74, 6) is 0.650. The molecule has 0 spiro atoms. The van der Waals surface area contributed by atoms with Crippen LogP contribution < -0.4 is 11.1 Å². The first-order valence-electron chi connectivity index (χ1n) is 6.19. The largest absolute Gasteiger partial charge is 0.399 e. The van der Waals surface area contributed by atoms with Gasteiger partial charge in [0.25, 0.3) is 0 Å². The molecule has 2 rings (SSSR count). The van der Waals surface area contributed by atoms with Crippen LogP contribution in [0.4, 0.5) is 5.69 Å². The van der Waals surface area contributed by atoms with E-state index in [2.05, 4.69) is 19.2 Å². The predicted molar refractivity (Wildman–Crippen MR) is 69.6 cm³/mol. The van der Waals surface area contributed by atoms with Crippen LogP contribution in [-0.2, 0) is 10.2 Å². The summed E-state index contributed by atoms with van der Waals surface area (Å²) in [4.78, 5) is 12.2. The second kappa shape index (κ2) is 4.40. The highest BCUT2D eigenvalue weighted by atomic mass is 16.2. The second-order valence-corrected chi connectivity index (χ2v) is 5.31. The van der Waals surface area contributed by atoms with E-state index >= 15 is 0 Å². The van der Waals surface area contributed by atoms with Crippen molar-refractivity contribution in [3.63, 3.8) is 0 Å². The van der Waals surface area contributed by atoms with Crippen molar-refractivity contribution in [3.05, 3.63) is 29.8 Å². The number of nitrogens with two attached hydrogens (primary N) is 1. The van der Waals surface area contributed by atoms with Crippen molar-refractivity contribution in [2.24, 2.45) is 5.92 Å². The van der Waals surface area contributed by atoms with Crippen LogP contribution in [0, 0.1) is 5.92 Å². The number of amides is 1. The van der Waals surface area contributed by atoms with Gasteiger partial charge in [0.05, 0.1) is 5.41 Å². The Balaban J connectivity index is 2.08. The van der Waals surface area contributed by atoms with E-state index < -0.39 is 0 Å². The number of hydrogen-bond acceptors (Lipinski definition) is 2. The Labute approximate surface area is 102 Å². The van der Waals surface area contributed by atoms with Gasteiger partial charge in [-0.2, -0.15) is 0 Å². The highest BCUT2D eigenvalue weighted by Gasteiger charge is 2.50. The normalized spacial score (nSPS) is 16.9. The summed E-state index contributed by atoms with van der Waals surface area (Å²) in [6.07, 6.45) is 1.89. The highest BCUT2D eigenvalue weighted by molar-refractivity contribution is 5.91. The number of anilines is 1. The fourth-order valence-electron chi connectivity index (χ4n) is 2.04. The molecule has 3 N–H and O–H groups in total. The van der Waals surface area contributed by atoms with Crippen molar-refractivity contribution in [2.45, 2.75) is 32.1 Å². The molecule has 0 bridgehead atoms. The molecule has 1 aromatic carbocycles. The van der Waals surface area contributed by atoms with Gasteiger partial charge in [0.2, 0.25) is 5.91 Å². The molecule has 0 saturated heterocycles. The van der Waals surface area contributed by atoms with Gasteiger partial charge in [0, 0.05) is 12.2 Å². The third kappa shape index (κ3) is 2.43. The van der Waals surface area contributed by atoms with E-state index in [1.54, 1.807) is 0 Å². The maximum Gasteiger partial charge on any atom is 0.230 e. The van der Waals surface area contributed by atoms with Gasteiger partial charge in [0.15, 0.2) is 0 Å². The summed E-state index contributed by atoms with van der Waals surface area (Å²) in [6, 6.07) is 7.67. The Morgan fingerprint density at radius 2 is 1.94 bits per heavy atom. The van der Waals surface area contributed by atoms with Gasteiger partial charge >= 0.3 is 0 Å². The minimum Gasteiger partial charge on any atom is -0.399 e. The molecule has 17 heavy (non-hydrogen) atoms. The Kier molecular flexibility index (Phi) is 3.09. The number of hydrogen-bond donors (Lipinski definition) is 2. The Morgan fingerprint density at radius 1 is 1.35 bits per heavy atom. The lowest BCUT2D eigenvalue weighted by Gasteiger charge is -2.17. The zero-order chi connectivity index (χ0) is 12.5. The lowest BCUT2D eigenvalue weighted by atomic mass is 9.94. The molecule has 0 unspecified atom stereocenters. The van der Waals surface area contributed by atoms with Crippen LogP contribution in [0.2, 0.25) is 0 Å². The number of benzene rings is 1. The van der Waals surface area contributed by atoms with Gasteiger partial charge in [-0.1, -0.05) is 26.0 Å². The lowest BCUT2D eigenvalue weighted by Crippen LogP contribution is -2.36. The fourth-order valence-corrected chi connectivity index (χ4v) is 2.04. The molecule has 1 aliphatic rings. The minimum atomic E-state index is -0.275. The zero-order valence-electron chi connectivity index (χ0n) is 10.5. The van der Waals surface area contributed by atoms with Crippen LogP contribution in [-0.4, -0.2) is 12.5 Å². The number of nitrogens with one attached hydrogen (secondary N) is 1. The molecule has 1 saturated carbocycles. The molecule has 1 amide bonds. The van der Waals surface area contributed by atoms with E-state index in [0.717, 1.165) is 30.6 Å². The molecule has 0 heterocycles. The van der Waals surface area contributed by atoms with E-state index in [1.165, 1.54) is 0 Å². The van der Waals surface area contributed by atoms with Crippen molar-refractivity contribution in [2.75, 3.05) is 12.3 Å². The fraction of sp³-hybridized carbons (Fsp3) is 0.500. The lowest BCUT2D eigenvalue weighted by molar-refractivity contribution is -0.123. The molecule has 1 aliphatic carbocycles. The van der Waals surface area contributed by atoms with Gasteiger partial charge in [0.1, 0.15) is 0 Å². The van der Waals surface area contributed by atoms with Crippen molar-refractivity contribution in [3.8, 4) is 0 Å². The van der Waals surface area contributed by atoms with Crippen molar-refractivity contribution >= 4 is 11.6 Å². The van der Waals surface area contributed by atoms with Crippen LogP contribution >= 0.6 is 0 Å². The monoisotopic (exact) mass is 232 g/mol. The van der Waals surface area contributed by atoms with Crippen LogP contribution in [0.5, 0.6) is 0 Å². The molecule has 3 nitrogen and oxygen atoms in total. The number of carbonyl (C=O) groups excluding carboxylic acids is 1. The smallest absolute Gasteiger partial charge is 0.230 e. The zero-order valence-corrected chi connectivity index (χ0v) is 10.5. The molecule has 0 aliphatic heterocycles. The molecular weight excluding hydrogens is 212 g/mol. The molecule has 0 atom stereocenters. The average Bonchev–Trinajstić information content (AvgIpc) is 3.08. The van der Waals surface area contributed by atoms with Crippen molar-refractivity contribution in [1.29, 1.82) is 0 Å². The molecule has 0 radical (unpaired) electrons. The summed E-state index contributed by atoms with van der Waals surface area (Å²) >= 11 is 0. The molecule has 92 valence electrons. The first-order valence-corrected chi connectivity index (χ1v) is 6.19. The minimum absolute atomic E-state index is 0.163. The van der Waals surface area contributed by atoms with Gasteiger partial charge in [-0.3, -0.25) is 4.79 Å². The average molecular weight is 232 g/mol. The Bertz CT molecular complexity index is 405. The maximum atomic E-state index is 12.2. The van der Waals surface area contributed by atoms with Gasteiger partial charge < -0.3 is 11.1 Å². The van der Waals surface area contributed by atoms with E-state index in [4.69, 9.17) is 5.73 Å². The van der Waals surface area contributed by atoms with E-state index in [9.17, 15) is 4.79 Å². The third-order valence-corrected chi connectivity index (χ3v) is 3.32. The molecule has 1 aromatic rings. The highest BCUT2D eigenvalue weighted by Crippen LogP contribution is 2.48. The summed E-state index contributed by atoms with van der Waals surface area (Å²) < 4.78 is 0. The topological polar surface area (TPSA) is 55.1 Å². The van der Waals surface area contributed by atoms with Crippen LogP contribution in [0.3, 0.4) is 0 Å². The summed E-state index contributed by atoms with van der Waals surface area (Å²) in [7, 11) is 0. The van der Waals surface area contributed by atoms with Crippen LogP contribution in [0.25, 0.3) is 0 Å². The van der Waals surface area contributed by atoms with Crippen LogP contribution in [0.1, 0.15) is 32.3 Å². The second-order valence-electron chi connectivity index (χ2n) is 5.31. The number of carbonyl (C=O) groups is 1. The molecule has 3 heteroatoms. The van der Waals surface area contributed by atoms with Crippen molar-refractivity contribution < 1.29 is 4.79 Å². The van der Waals surface area contributed by atoms with E-state index in [0.29, 0.717) is 5.92 Å². The summed E-state index contributed by atoms with van der Waals surface area (Å²) in [6.45, 7) is 4.95. The van der Waals surface area contributed by atoms with Crippen molar-refractivity contribution in [1.82, 2.24) is 5.32 Å². The van der Waals surface area contributed by atoms with Gasteiger partial charge in [-0.05, 0) is 36.5 Å². The van der Waals surface area contributed by atoms with E-state index in [1.807, 2.05) is 24.3 Å². The maximum absolute atomic E-state index is 12.2. The number of rotatable bonds is 4. The Morgan fingerprint density at radius 3 is 2.41 bits per heavy atom. The quantitative estimate of drug-likeness (QED) is 0.781. The summed E-state index contributed by atoms with van der Waals surface area (Å²) in [5.41, 5.74) is 7.22. The molecule has 1 fully saturated rings. The van der Waals surface area contributed by atoms with E-state index in [-0.39, 0.29) is 11.3 Å². The third-order valence-electron chi connectivity index (χ3n) is 3.32.